The first-order valence-corrected chi connectivity index (χ1v) is 10.6. The Morgan fingerprint density at radius 3 is 2.50 bits per heavy atom. The summed E-state index contributed by atoms with van der Waals surface area (Å²) in [6.45, 7) is 1.34. The monoisotopic (exact) mass is 417 g/mol. The van der Waals surface area contributed by atoms with Crippen LogP contribution in [0.5, 0.6) is 5.75 Å². The summed E-state index contributed by atoms with van der Waals surface area (Å²) in [6.07, 6.45) is 1.23. The number of aromatic nitrogens is 1. The van der Waals surface area contributed by atoms with Crippen LogP contribution in [0.25, 0.3) is 0 Å². The molecule has 0 bridgehead atoms. The largest absolute Gasteiger partial charge is 0.497 e. The Morgan fingerprint density at radius 1 is 1.11 bits per heavy atom. The molecule has 0 saturated carbocycles. The van der Waals surface area contributed by atoms with Gasteiger partial charge in [-0.05, 0) is 23.3 Å². The maximum absolute atomic E-state index is 13.0. The van der Waals surface area contributed by atoms with Crippen molar-refractivity contribution < 1.29 is 17.9 Å². The van der Waals surface area contributed by atoms with Gasteiger partial charge in [0.25, 0.3) is 10.0 Å². The second-order valence-electron chi connectivity index (χ2n) is 5.91. The van der Waals surface area contributed by atoms with Crippen molar-refractivity contribution in [3.05, 3.63) is 71.9 Å². The molecule has 1 heterocycles. The third kappa shape index (κ3) is 4.75. The summed E-state index contributed by atoms with van der Waals surface area (Å²) in [7, 11) is -2.32. The highest BCUT2D eigenvalue weighted by Gasteiger charge is 2.25. The van der Waals surface area contributed by atoms with Gasteiger partial charge in [-0.15, -0.1) is 0 Å². The van der Waals surface area contributed by atoms with Crippen molar-refractivity contribution in [3.63, 3.8) is 0 Å². The Balaban J connectivity index is 1.97. The molecule has 2 N–H and O–H groups in total. The minimum Gasteiger partial charge on any atom is -0.497 e. The van der Waals surface area contributed by atoms with E-state index in [4.69, 9.17) is 4.74 Å². The van der Waals surface area contributed by atoms with Gasteiger partial charge in [-0.2, -0.15) is 4.72 Å². The van der Waals surface area contributed by atoms with Gasteiger partial charge >= 0.3 is 0 Å². The lowest BCUT2D eigenvalue weighted by Gasteiger charge is -2.20. The van der Waals surface area contributed by atoms with E-state index in [9.17, 15) is 13.2 Å². The van der Waals surface area contributed by atoms with Gasteiger partial charge in [-0.3, -0.25) is 4.79 Å². The van der Waals surface area contributed by atoms with Crippen molar-refractivity contribution in [1.29, 1.82) is 0 Å². The predicted octanol–water partition coefficient (Wildman–Crippen LogP) is 3.18. The van der Waals surface area contributed by atoms with Gasteiger partial charge < -0.3 is 10.1 Å². The Bertz CT molecular complexity index is 1070. The second kappa shape index (κ2) is 8.51. The molecule has 2 aromatic carbocycles. The molecule has 0 aliphatic rings. The van der Waals surface area contributed by atoms with E-state index in [-0.39, 0.29) is 15.2 Å². The highest BCUT2D eigenvalue weighted by molar-refractivity contribution is 7.91. The molecule has 0 radical (unpaired) electrons. The molecule has 1 aromatic heterocycles. The van der Waals surface area contributed by atoms with Gasteiger partial charge in [-0.1, -0.05) is 53.8 Å². The summed E-state index contributed by atoms with van der Waals surface area (Å²) in [5.41, 5.74) is 1.52. The lowest BCUT2D eigenvalue weighted by Crippen LogP contribution is -2.29. The average Bonchev–Trinajstić information content (AvgIpc) is 3.15. The fourth-order valence-corrected chi connectivity index (χ4v) is 4.91. The first-order chi connectivity index (χ1) is 13.4. The van der Waals surface area contributed by atoms with Crippen molar-refractivity contribution in [1.82, 2.24) is 9.71 Å². The number of rotatable bonds is 7. The number of thiazole rings is 1. The summed E-state index contributed by atoms with van der Waals surface area (Å²) in [5.74, 6) is 0.313. The zero-order chi connectivity index (χ0) is 20.1. The van der Waals surface area contributed by atoms with Crippen LogP contribution in [0.1, 0.15) is 24.1 Å². The van der Waals surface area contributed by atoms with E-state index in [2.05, 4.69) is 15.0 Å². The predicted molar refractivity (Wildman–Crippen MR) is 108 cm³/mol. The summed E-state index contributed by atoms with van der Waals surface area (Å²) in [5, 5.41) is 2.72. The van der Waals surface area contributed by atoms with Crippen LogP contribution >= 0.6 is 11.3 Å². The molecule has 1 atom stereocenters. The number of benzene rings is 2. The maximum Gasteiger partial charge on any atom is 0.252 e. The Kier molecular flexibility index (Phi) is 6.08. The van der Waals surface area contributed by atoms with Crippen LogP contribution < -0.4 is 14.8 Å². The van der Waals surface area contributed by atoms with E-state index in [1.807, 2.05) is 36.4 Å². The molecule has 0 unspecified atom stereocenters. The molecule has 0 aliphatic carbocycles. The molecule has 0 spiro atoms. The third-order valence-electron chi connectivity index (χ3n) is 3.87. The Morgan fingerprint density at radius 2 is 1.82 bits per heavy atom. The molecule has 28 heavy (non-hydrogen) atoms. The van der Waals surface area contributed by atoms with Crippen LogP contribution in [0.2, 0.25) is 0 Å². The molecule has 0 aliphatic heterocycles. The Hall–Kier alpha value is -2.75. The van der Waals surface area contributed by atoms with Gasteiger partial charge in [0.15, 0.2) is 9.34 Å². The lowest BCUT2D eigenvalue weighted by molar-refractivity contribution is -0.114. The summed E-state index contributed by atoms with van der Waals surface area (Å²) in [6, 6.07) is 15.9. The summed E-state index contributed by atoms with van der Waals surface area (Å²) in [4.78, 5) is 15.1. The highest BCUT2D eigenvalue weighted by Crippen LogP contribution is 2.29. The number of methoxy groups -OCH3 is 1. The topological polar surface area (TPSA) is 97.4 Å². The maximum atomic E-state index is 13.0. The quantitative estimate of drug-likeness (QED) is 0.615. The molecule has 146 valence electrons. The SMILES string of the molecule is COc1cccc([C@@H](NS(=O)(=O)c2cnc(NC(C)=O)s2)c2ccccc2)c1. The van der Waals surface area contributed by atoms with Crippen LogP contribution in [0.15, 0.2) is 65.0 Å². The number of amides is 1. The molecule has 0 saturated heterocycles. The van der Waals surface area contributed by atoms with Gasteiger partial charge in [-0.25, -0.2) is 13.4 Å². The third-order valence-corrected chi connectivity index (χ3v) is 6.66. The first kappa shape index (κ1) is 20.0. The van der Waals surface area contributed by atoms with Crippen molar-refractivity contribution in [2.24, 2.45) is 0 Å². The number of hydrogen-bond acceptors (Lipinski definition) is 6. The molecule has 7 nitrogen and oxygen atoms in total. The average molecular weight is 418 g/mol. The van der Waals surface area contributed by atoms with Crippen molar-refractivity contribution in [2.45, 2.75) is 17.2 Å². The molecule has 9 heteroatoms. The second-order valence-corrected chi connectivity index (χ2v) is 8.88. The minimum atomic E-state index is -3.88. The summed E-state index contributed by atoms with van der Waals surface area (Å²) < 4.78 is 33.9. The molecule has 3 rings (SSSR count). The Labute approximate surface area is 167 Å². The van der Waals surface area contributed by atoms with Crippen LogP contribution in [-0.4, -0.2) is 26.4 Å². The fraction of sp³-hybridized carbons (Fsp3) is 0.158. The number of carbonyl (C=O) groups is 1. The van der Waals surface area contributed by atoms with E-state index in [1.165, 1.54) is 13.1 Å². The number of nitrogens with zero attached hydrogens (tertiary/aromatic N) is 1. The zero-order valence-corrected chi connectivity index (χ0v) is 16.9. The van der Waals surface area contributed by atoms with Crippen molar-refractivity contribution >= 4 is 32.4 Å². The highest BCUT2D eigenvalue weighted by atomic mass is 32.2. The number of sulfonamides is 1. The molecule has 0 fully saturated rings. The van der Waals surface area contributed by atoms with Gasteiger partial charge in [0.2, 0.25) is 5.91 Å². The standard InChI is InChI=1S/C19H19N3O4S2/c1-13(23)21-19-20-12-17(27-19)28(24,25)22-18(14-7-4-3-5-8-14)15-9-6-10-16(11-15)26-2/h3-12,18,22H,1-2H3,(H,20,21,23)/t18-/m0/s1. The molecule has 1 amide bonds. The summed E-state index contributed by atoms with van der Waals surface area (Å²) >= 11 is 0.890. The van der Waals surface area contributed by atoms with Crippen LogP contribution in [0, 0.1) is 0 Å². The number of ether oxygens (including phenoxy) is 1. The van der Waals surface area contributed by atoms with Crippen molar-refractivity contribution in [2.75, 3.05) is 12.4 Å². The van der Waals surface area contributed by atoms with Crippen molar-refractivity contribution in [3.8, 4) is 5.75 Å². The number of anilines is 1. The number of carbonyl (C=O) groups excluding carboxylic acids is 1. The minimum absolute atomic E-state index is 0.0140. The van der Waals surface area contributed by atoms with Crippen LogP contribution in [-0.2, 0) is 14.8 Å². The van der Waals surface area contributed by atoms with Gasteiger partial charge in [0.1, 0.15) is 5.75 Å². The first-order valence-electron chi connectivity index (χ1n) is 8.33. The van der Waals surface area contributed by atoms with E-state index in [0.717, 1.165) is 22.5 Å². The normalized spacial score (nSPS) is 12.4. The number of hydrogen-bond donors (Lipinski definition) is 2. The van der Waals surface area contributed by atoms with E-state index in [1.54, 1.807) is 25.3 Å². The molecular weight excluding hydrogens is 398 g/mol. The zero-order valence-electron chi connectivity index (χ0n) is 15.2. The fourth-order valence-electron chi connectivity index (χ4n) is 2.60. The van der Waals surface area contributed by atoms with E-state index < -0.39 is 16.1 Å². The van der Waals surface area contributed by atoms with Crippen LogP contribution in [0.4, 0.5) is 5.13 Å². The molecule has 3 aromatic rings. The van der Waals surface area contributed by atoms with Crippen LogP contribution in [0.3, 0.4) is 0 Å². The van der Waals surface area contributed by atoms with E-state index in [0.29, 0.717) is 5.75 Å². The number of nitrogens with one attached hydrogen (secondary N) is 2. The van der Waals surface area contributed by atoms with Gasteiger partial charge in [0, 0.05) is 6.92 Å². The smallest absolute Gasteiger partial charge is 0.252 e. The molecular formula is C19H19N3O4S2. The van der Waals surface area contributed by atoms with E-state index >= 15 is 0 Å². The van der Waals surface area contributed by atoms with Gasteiger partial charge in [0.05, 0.1) is 19.3 Å². The lowest BCUT2D eigenvalue weighted by atomic mass is 9.99.